The van der Waals surface area contributed by atoms with Crippen LogP contribution in [-0.2, 0) is 19.3 Å². The number of nitrogens with zero attached hydrogens (tertiary/aromatic N) is 6. The Bertz CT molecular complexity index is 2250. The van der Waals surface area contributed by atoms with Gasteiger partial charge in [0.15, 0.2) is 0 Å². The molecule has 0 spiro atoms. The van der Waals surface area contributed by atoms with Gasteiger partial charge in [0, 0.05) is 36.3 Å². The Hall–Kier alpha value is -4.74. The van der Waals surface area contributed by atoms with Gasteiger partial charge < -0.3 is 14.6 Å². The molecule has 1 aromatic carbocycles. The molecule has 1 aliphatic carbocycles. The summed E-state index contributed by atoms with van der Waals surface area (Å²) in [7, 11) is 0. The van der Waals surface area contributed by atoms with Crippen LogP contribution in [0.4, 0.5) is 10.2 Å². The van der Waals surface area contributed by atoms with Crippen LogP contribution >= 0.6 is 22.9 Å². The predicted octanol–water partition coefficient (Wildman–Crippen LogP) is 8.08. The van der Waals surface area contributed by atoms with Gasteiger partial charge in [0.25, 0.3) is 5.91 Å². The third-order valence-electron chi connectivity index (χ3n) is 9.64. The van der Waals surface area contributed by atoms with Crippen LogP contribution in [0.1, 0.15) is 75.8 Å². The third kappa shape index (κ3) is 4.86. The minimum Gasteiger partial charge on any atom is -0.421 e. The standard InChI is InChI=1S/C36H29ClFN7O2S/c1-18-43-44-35(47-18)28-24(10-6-19-4-8-23(38)9-5-19)41-32-26-3-2-14-45(26)36(46)30(32)29(28)27-16-21-12-13-39-34(33(21)48-27)42-25-11-7-20-15-22(37)17-40-31(20)25/h4-5,8-9,12-13,15-17,25-26H,2-3,6-7,10-11,14H2,1H3,(H,39,42)/t25-,26-/m1/s1. The lowest BCUT2D eigenvalue weighted by molar-refractivity contribution is 0.0776. The molecule has 48 heavy (non-hydrogen) atoms. The summed E-state index contributed by atoms with van der Waals surface area (Å²) in [5, 5.41) is 13.9. The van der Waals surface area contributed by atoms with E-state index in [1.54, 1.807) is 42.8 Å². The Balaban J connectivity index is 1.21. The summed E-state index contributed by atoms with van der Waals surface area (Å²) in [5.41, 5.74) is 6.77. The van der Waals surface area contributed by atoms with E-state index < -0.39 is 0 Å². The number of pyridine rings is 3. The number of carbonyl (C=O) groups excluding carboxylic acids is 1. The van der Waals surface area contributed by atoms with Crippen LogP contribution < -0.4 is 5.32 Å². The summed E-state index contributed by atoms with van der Waals surface area (Å²) in [4.78, 5) is 31.7. The van der Waals surface area contributed by atoms with E-state index in [0.717, 1.165) is 80.2 Å². The van der Waals surface area contributed by atoms with E-state index in [1.807, 2.05) is 17.0 Å². The van der Waals surface area contributed by atoms with Crippen molar-refractivity contribution >= 4 is 44.7 Å². The second-order valence-corrected chi connectivity index (χ2v) is 14.1. The van der Waals surface area contributed by atoms with Gasteiger partial charge in [-0.05, 0) is 85.4 Å². The molecule has 1 amide bonds. The number of anilines is 1. The summed E-state index contributed by atoms with van der Waals surface area (Å²) >= 11 is 7.81. The molecule has 1 fully saturated rings. The van der Waals surface area contributed by atoms with E-state index in [0.29, 0.717) is 47.3 Å². The quantitative estimate of drug-likeness (QED) is 0.181. The Morgan fingerprint density at radius 3 is 2.75 bits per heavy atom. The molecular weight excluding hydrogens is 649 g/mol. The average Bonchev–Trinajstić information content (AvgIpc) is 3.92. The molecule has 9 nitrogen and oxygen atoms in total. The fraction of sp³-hybridized carbons (Fsp3) is 0.278. The number of aromatic nitrogens is 5. The topological polar surface area (TPSA) is 110 Å². The van der Waals surface area contributed by atoms with Crippen LogP contribution in [-0.4, -0.2) is 42.5 Å². The first-order valence-corrected chi connectivity index (χ1v) is 17.3. The van der Waals surface area contributed by atoms with Crippen molar-refractivity contribution in [2.75, 3.05) is 11.9 Å². The lowest BCUT2D eigenvalue weighted by atomic mass is 9.93. The molecule has 0 unspecified atom stereocenters. The molecule has 12 heteroatoms. The fourth-order valence-electron chi connectivity index (χ4n) is 7.46. The molecule has 2 aliphatic heterocycles. The van der Waals surface area contributed by atoms with Gasteiger partial charge in [0.1, 0.15) is 11.6 Å². The molecule has 0 radical (unpaired) electrons. The highest BCUT2D eigenvalue weighted by Crippen LogP contribution is 2.50. The molecule has 2 atom stereocenters. The molecule has 240 valence electrons. The largest absolute Gasteiger partial charge is 0.421 e. The summed E-state index contributed by atoms with van der Waals surface area (Å²) in [6.45, 7) is 2.45. The average molecular weight is 678 g/mol. The van der Waals surface area contributed by atoms with Gasteiger partial charge >= 0.3 is 0 Å². The van der Waals surface area contributed by atoms with Crippen LogP contribution in [0.2, 0.25) is 5.02 Å². The lowest BCUT2D eigenvalue weighted by Gasteiger charge is -2.16. The molecule has 6 aromatic rings. The van der Waals surface area contributed by atoms with Crippen molar-refractivity contribution in [1.82, 2.24) is 30.0 Å². The van der Waals surface area contributed by atoms with E-state index in [9.17, 15) is 9.18 Å². The molecule has 7 heterocycles. The van der Waals surface area contributed by atoms with Gasteiger partial charge in [0.2, 0.25) is 11.8 Å². The van der Waals surface area contributed by atoms with Crippen LogP contribution in [0, 0.1) is 12.7 Å². The molecule has 1 saturated heterocycles. The Labute approximate surface area is 284 Å². The normalized spacial score (nSPS) is 18.1. The maximum absolute atomic E-state index is 14.2. The predicted molar refractivity (Wildman–Crippen MR) is 182 cm³/mol. The Kier molecular flexibility index (Phi) is 7.01. The van der Waals surface area contributed by atoms with E-state index in [1.165, 1.54) is 12.1 Å². The summed E-state index contributed by atoms with van der Waals surface area (Å²) in [6.07, 6.45) is 8.26. The van der Waals surface area contributed by atoms with Gasteiger partial charge in [0.05, 0.1) is 50.0 Å². The number of thiophene rings is 1. The molecule has 9 rings (SSSR count). The number of hydrogen-bond acceptors (Lipinski definition) is 9. The van der Waals surface area contributed by atoms with E-state index in [4.69, 9.17) is 26.0 Å². The van der Waals surface area contributed by atoms with Gasteiger partial charge in [-0.25, -0.2) is 9.37 Å². The highest BCUT2D eigenvalue weighted by molar-refractivity contribution is 7.23. The van der Waals surface area contributed by atoms with E-state index in [2.05, 4.69) is 26.6 Å². The number of hydrogen-bond donors (Lipinski definition) is 1. The van der Waals surface area contributed by atoms with Gasteiger partial charge in [-0.15, -0.1) is 21.5 Å². The molecule has 0 bridgehead atoms. The third-order valence-corrected chi connectivity index (χ3v) is 11.0. The van der Waals surface area contributed by atoms with E-state index in [-0.39, 0.29) is 23.8 Å². The minimum atomic E-state index is -0.274. The number of halogens is 2. The number of amides is 1. The summed E-state index contributed by atoms with van der Waals surface area (Å²) in [6, 6.07) is 12.6. The van der Waals surface area contributed by atoms with Gasteiger partial charge in [-0.3, -0.25) is 14.8 Å². The van der Waals surface area contributed by atoms with Crippen LogP contribution in [0.3, 0.4) is 0 Å². The van der Waals surface area contributed by atoms with Crippen molar-refractivity contribution in [3.63, 3.8) is 0 Å². The SMILES string of the molecule is Cc1nnc(-c2c(CCc3ccc(F)cc3)nc3c(c2-c2cc4ccnc(N[C@@H]5CCc6cc(Cl)cnc65)c4s2)C(=O)N2CCC[C@H]32)o1. The molecular formula is C36H29ClFN7O2S. The van der Waals surface area contributed by atoms with Gasteiger partial charge in [-0.1, -0.05) is 23.7 Å². The van der Waals surface area contributed by atoms with E-state index >= 15 is 0 Å². The second kappa shape index (κ2) is 11.5. The number of fused-ring (bicyclic) bond motifs is 5. The fourth-order valence-corrected chi connectivity index (χ4v) is 8.80. The number of carbonyl (C=O) groups is 1. The van der Waals surface area contributed by atoms with Crippen molar-refractivity contribution in [2.45, 2.75) is 57.5 Å². The lowest BCUT2D eigenvalue weighted by Crippen LogP contribution is -2.22. The monoisotopic (exact) mass is 677 g/mol. The van der Waals surface area contributed by atoms with Crippen LogP contribution in [0.15, 0.2) is 59.3 Å². The first-order chi connectivity index (χ1) is 23.4. The summed E-state index contributed by atoms with van der Waals surface area (Å²) < 4.78 is 20.8. The molecule has 0 saturated carbocycles. The second-order valence-electron chi connectivity index (χ2n) is 12.6. The Morgan fingerprint density at radius 2 is 1.92 bits per heavy atom. The van der Waals surface area contributed by atoms with Crippen molar-refractivity contribution in [3.05, 3.63) is 105 Å². The van der Waals surface area contributed by atoms with Crippen LogP contribution in [0.5, 0.6) is 0 Å². The first kappa shape index (κ1) is 29.4. The zero-order valence-electron chi connectivity index (χ0n) is 26.0. The maximum atomic E-state index is 14.2. The molecule has 5 aromatic heterocycles. The first-order valence-electron chi connectivity index (χ1n) is 16.1. The Morgan fingerprint density at radius 1 is 1.04 bits per heavy atom. The zero-order chi connectivity index (χ0) is 32.5. The number of aryl methyl sites for hydroxylation is 4. The zero-order valence-corrected chi connectivity index (χ0v) is 27.5. The van der Waals surface area contributed by atoms with Crippen molar-refractivity contribution in [3.8, 4) is 21.9 Å². The molecule has 3 aliphatic rings. The highest BCUT2D eigenvalue weighted by atomic mass is 35.5. The molecule has 1 N–H and O–H groups in total. The number of rotatable bonds is 7. The maximum Gasteiger partial charge on any atom is 0.257 e. The summed E-state index contributed by atoms with van der Waals surface area (Å²) in [5.74, 6) is 1.23. The van der Waals surface area contributed by atoms with Crippen molar-refractivity contribution in [1.29, 1.82) is 0 Å². The van der Waals surface area contributed by atoms with Gasteiger partial charge in [-0.2, -0.15) is 0 Å². The smallest absolute Gasteiger partial charge is 0.257 e. The minimum absolute atomic E-state index is 0.00911. The van der Waals surface area contributed by atoms with Crippen molar-refractivity contribution in [2.24, 2.45) is 0 Å². The number of benzene rings is 1. The number of nitrogens with one attached hydrogen (secondary N) is 1. The van der Waals surface area contributed by atoms with Crippen molar-refractivity contribution < 1.29 is 13.6 Å². The van der Waals surface area contributed by atoms with Crippen LogP contribution in [0.25, 0.3) is 32.0 Å². The highest BCUT2D eigenvalue weighted by Gasteiger charge is 2.45.